The minimum Gasteiger partial charge on any atom is -0.467 e. The molecule has 1 aromatic carbocycles. The van der Waals surface area contributed by atoms with Gasteiger partial charge in [-0.25, -0.2) is 4.39 Å². The predicted octanol–water partition coefficient (Wildman–Crippen LogP) is 2.73. The van der Waals surface area contributed by atoms with Crippen LogP contribution in [0.2, 0.25) is 0 Å². The third-order valence-corrected chi connectivity index (χ3v) is 3.16. The second-order valence-corrected chi connectivity index (χ2v) is 5.07. The van der Waals surface area contributed by atoms with Gasteiger partial charge in [-0.1, -0.05) is 18.2 Å². The van der Waals surface area contributed by atoms with Crippen molar-refractivity contribution < 1.29 is 13.6 Å². The Hall–Kier alpha value is -2.14. The Morgan fingerprint density at radius 2 is 2.10 bits per heavy atom. The molecular weight excluding hydrogens is 271 g/mol. The predicted molar refractivity (Wildman–Crippen MR) is 78.0 cm³/mol. The Morgan fingerprint density at radius 1 is 1.33 bits per heavy atom. The lowest BCUT2D eigenvalue weighted by molar-refractivity contribution is -0.122. The van der Waals surface area contributed by atoms with Gasteiger partial charge in [-0.05, 0) is 32.2 Å². The summed E-state index contributed by atoms with van der Waals surface area (Å²) in [5.41, 5.74) is 0.576. The first-order valence-corrected chi connectivity index (χ1v) is 6.81. The molecule has 1 amide bonds. The van der Waals surface area contributed by atoms with Crippen LogP contribution in [0, 0.1) is 5.82 Å². The molecule has 1 heterocycles. The van der Waals surface area contributed by atoms with Crippen LogP contribution >= 0.6 is 0 Å². The molecule has 0 aliphatic rings. The number of carbonyl (C=O) groups is 1. The van der Waals surface area contributed by atoms with Gasteiger partial charge in [-0.3, -0.25) is 9.69 Å². The van der Waals surface area contributed by atoms with E-state index in [0.717, 1.165) is 0 Å². The third kappa shape index (κ3) is 4.43. The molecule has 0 spiro atoms. The van der Waals surface area contributed by atoms with Crippen molar-refractivity contribution in [3.05, 3.63) is 59.8 Å². The number of nitrogens with zero attached hydrogens (tertiary/aromatic N) is 1. The Bertz CT molecular complexity index is 584. The molecule has 2 aromatic rings. The lowest BCUT2D eigenvalue weighted by Crippen LogP contribution is -2.36. The Morgan fingerprint density at radius 3 is 2.76 bits per heavy atom. The highest BCUT2D eigenvalue weighted by Crippen LogP contribution is 2.12. The molecule has 5 heteroatoms. The summed E-state index contributed by atoms with van der Waals surface area (Å²) in [7, 11) is 1.78. The zero-order valence-corrected chi connectivity index (χ0v) is 12.2. The standard InChI is InChI=1S/C16H19FN2O2/c1-12(15-8-5-9-21-15)18-16(20)11-19(2)10-13-6-3-4-7-14(13)17/h3-9,12H,10-11H2,1-2H3,(H,18,20). The van der Waals surface area contributed by atoms with Gasteiger partial charge in [0.15, 0.2) is 0 Å². The van der Waals surface area contributed by atoms with Gasteiger partial charge in [0.25, 0.3) is 0 Å². The third-order valence-electron chi connectivity index (χ3n) is 3.16. The fourth-order valence-electron chi connectivity index (χ4n) is 2.11. The zero-order chi connectivity index (χ0) is 15.2. The van der Waals surface area contributed by atoms with Crippen LogP contribution < -0.4 is 5.32 Å². The maximum absolute atomic E-state index is 13.5. The minimum absolute atomic E-state index is 0.127. The molecule has 0 aliphatic heterocycles. The lowest BCUT2D eigenvalue weighted by atomic mass is 10.2. The van der Waals surface area contributed by atoms with Crippen molar-refractivity contribution in [3.63, 3.8) is 0 Å². The summed E-state index contributed by atoms with van der Waals surface area (Å²) >= 11 is 0. The molecule has 0 radical (unpaired) electrons. The van der Waals surface area contributed by atoms with Crippen molar-refractivity contribution in [3.8, 4) is 0 Å². The summed E-state index contributed by atoms with van der Waals surface area (Å²) in [5, 5.41) is 2.85. The summed E-state index contributed by atoms with van der Waals surface area (Å²) in [6.07, 6.45) is 1.57. The van der Waals surface area contributed by atoms with E-state index in [1.165, 1.54) is 6.07 Å². The molecule has 1 aromatic heterocycles. The Balaban J connectivity index is 1.83. The first-order valence-electron chi connectivity index (χ1n) is 6.81. The SMILES string of the molecule is CC(NC(=O)CN(C)Cc1ccccc1F)c1ccco1. The van der Waals surface area contributed by atoms with Crippen molar-refractivity contribution in [2.45, 2.75) is 19.5 Å². The molecule has 0 fully saturated rings. The fourth-order valence-corrected chi connectivity index (χ4v) is 2.11. The number of hydrogen-bond donors (Lipinski definition) is 1. The second-order valence-electron chi connectivity index (χ2n) is 5.07. The fraction of sp³-hybridized carbons (Fsp3) is 0.312. The van der Waals surface area contributed by atoms with Crippen LogP contribution in [0.25, 0.3) is 0 Å². The van der Waals surface area contributed by atoms with E-state index in [0.29, 0.717) is 17.9 Å². The zero-order valence-electron chi connectivity index (χ0n) is 12.2. The van der Waals surface area contributed by atoms with E-state index < -0.39 is 0 Å². The van der Waals surface area contributed by atoms with Gasteiger partial charge >= 0.3 is 0 Å². The van der Waals surface area contributed by atoms with E-state index in [-0.39, 0.29) is 24.3 Å². The van der Waals surface area contributed by atoms with E-state index in [1.54, 1.807) is 42.5 Å². The van der Waals surface area contributed by atoms with Gasteiger partial charge < -0.3 is 9.73 Å². The van der Waals surface area contributed by atoms with Gasteiger partial charge in [0.2, 0.25) is 5.91 Å². The summed E-state index contributed by atoms with van der Waals surface area (Å²) in [6.45, 7) is 2.43. The summed E-state index contributed by atoms with van der Waals surface area (Å²) in [6, 6.07) is 9.98. The average molecular weight is 290 g/mol. The highest BCUT2D eigenvalue weighted by Gasteiger charge is 2.14. The van der Waals surface area contributed by atoms with Crippen molar-refractivity contribution in [1.82, 2.24) is 10.2 Å². The highest BCUT2D eigenvalue weighted by molar-refractivity contribution is 5.78. The number of furan rings is 1. The molecule has 1 N–H and O–H groups in total. The number of likely N-dealkylation sites (N-methyl/N-ethyl adjacent to an activating group) is 1. The monoisotopic (exact) mass is 290 g/mol. The van der Waals surface area contributed by atoms with E-state index in [2.05, 4.69) is 5.32 Å². The van der Waals surface area contributed by atoms with Crippen LogP contribution in [0.4, 0.5) is 4.39 Å². The van der Waals surface area contributed by atoms with Gasteiger partial charge in [0.05, 0.1) is 18.8 Å². The molecule has 0 bridgehead atoms. The van der Waals surface area contributed by atoms with E-state index in [1.807, 2.05) is 13.0 Å². The number of amides is 1. The van der Waals surface area contributed by atoms with Crippen LogP contribution in [0.5, 0.6) is 0 Å². The van der Waals surface area contributed by atoms with Crippen LogP contribution in [0.1, 0.15) is 24.3 Å². The van der Waals surface area contributed by atoms with Crippen LogP contribution in [-0.2, 0) is 11.3 Å². The largest absolute Gasteiger partial charge is 0.467 e. The van der Waals surface area contributed by atoms with Gasteiger partial charge in [0.1, 0.15) is 11.6 Å². The molecule has 1 unspecified atom stereocenters. The van der Waals surface area contributed by atoms with E-state index in [4.69, 9.17) is 4.42 Å². The van der Waals surface area contributed by atoms with Crippen LogP contribution in [0.3, 0.4) is 0 Å². The molecule has 0 saturated heterocycles. The number of hydrogen-bond acceptors (Lipinski definition) is 3. The Kier molecular flexibility index (Phi) is 5.11. The van der Waals surface area contributed by atoms with Crippen molar-refractivity contribution in [2.75, 3.05) is 13.6 Å². The lowest BCUT2D eigenvalue weighted by Gasteiger charge is -2.18. The molecule has 0 aliphatic carbocycles. The topological polar surface area (TPSA) is 45.5 Å². The summed E-state index contributed by atoms with van der Waals surface area (Å²) in [4.78, 5) is 13.7. The molecular formula is C16H19FN2O2. The van der Waals surface area contributed by atoms with E-state index >= 15 is 0 Å². The quantitative estimate of drug-likeness (QED) is 0.889. The number of nitrogens with one attached hydrogen (secondary N) is 1. The molecule has 2 rings (SSSR count). The van der Waals surface area contributed by atoms with E-state index in [9.17, 15) is 9.18 Å². The maximum atomic E-state index is 13.5. The number of halogens is 1. The molecule has 4 nitrogen and oxygen atoms in total. The van der Waals surface area contributed by atoms with Gasteiger partial charge in [-0.15, -0.1) is 0 Å². The maximum Gasteiger partial charge on any atom is 0.234 e. The minimum atomic E-state index is -0.256. The highest BCUT2D eigenvalue weighted by atomic mass is 19.1. The van der Waals surface area contributed by atoms with Gasteiger partial charge in [-0.2, -0.15) is 0 Å². The smallest absolute Gasteiger partial charge is 0.234 e. The summed E-state index contributed by atoms with van der Waals surface area (Å²) in [5.74, 6) is 0.326. The second kappa shape index (κ2) is 7.04. The summed E-state index contributed by atoms with van der Waals surface area (Å²) < 4.78 is 18.8. The normalized spacial score (nSPS) is 12.4. The number of benzene rings is 1. The van der Waals surface area contributed by atoms with Gasteiger partial charge in [0, 0.05) is 12.1 Å². The first-order chi connectivity index (χ1) is 10.1. The Labute approximate surface area is 123 Å². The molecule has 1 atom stereocenters. The van der Waals surface area contributed by atoms with Crippen LogP contribution in [-0.4, -0.2) is 24.4 Å². The molecule has 112 valence electrons. The first kappa shape index (κ1) is 15.3. The van der Waals surface area contributed by atoms with Crippen molar-refractivity contribution in [1.29, 1.82) is 0 Å². The number of carbonyl (C=O) groups excluding carboxylic acids is 1. The van der Waals surface area contributed by atoms with Crippen molar-refractivity contribution >= 4 is 5.91 Å². The number of rotatable bonds is 6. The molecule has 0 saturated carbocycles. The van der Waals surface area contributed by atoms with Crippen LogP contribution in [0.15, 0.2) is 47.1 Å². The van der Waals surface area contributed by atoms with Crippen molar-refractivity contribution in [2.24, 2.45) is 0 Å². The molecule has 21 heavy (non-hydrogen) atoms. The average Bonchev–Trinajstić information content (AvgIpc) is 2.95.